The van der Waals surface area contributed by atoms with Crippen molar-refractivity contribution in [3.05, 3.63) is 83.4 Å². The van der Waals surface area contributed by atoms with Crippen LogP contribution in [-0.2, 0) is 13.0 Å². The molecule has 132 valence electrons. The molecule has 2 heterocycles. The van der Waals surface area contributed by atoms with Crippen molar-refractivity contribution >= 4 is 17.3 Å². The second-order valence-electron chi connectivity index (χ2n) is 6.06. The number of carbonyl (C=O) groups excluding carboxylic acids is 1. The number of nitrogens with zero attached hydrogens (tertiary/aromatic N) is 2. The Balaban J connectivity index is 1.72. The topological polar surface area (TPSA) is 66.9 Å². The number of hydrogen-bond donors (Lipinski definition) is 2. The van der Waals surface area contributed by atoms with Gasteiger partial charge in [0.1, 0.15) is 5.69 Å². The van der Waals surface area contributed by atoms with Gasteiger partial charge in [-0.05, 0) is 54.3 Å². The first-order valence-electron chi connectivity index (χ1n) is 8.66. The third-order valence-corrected chi connectivity index (χ3v) is 4.22. The molecule has 2 aromatic heterocycles. The summed E-state index contributed by atoms with van der Waals surface area (Å²) in [5.41, 5.74) is 5.39. The van der Waals surface area contributed by atoms with Crippen molar-refractivity contribution in [1.82, 2.24) is 9.97 Å². The Morgan fingerprint density at radius 3 is 2.65 bits per heavy atom. The molecule has 0 atom stereocenters. The third-order valence-electron chi connectivity index (χ3n) is 4.22. The van der Waals surface area contributed by atoms with Crippen LogP contribution in [0.5, 0.6) is 0 Å². The normalized spacial score (nSPS) is 10.4. The van der Waals surface area contributed by atoms with Gasteiger partial charge in [-0.15, -0.1) is 0 Å². The molecule has 0 saturated heterocycles. The van der Waals surface area contributed by atoms with Gasteiger partial charge in [0.25, 0.3) is 5.91 Å². The zero-order valence-electron chi connectivity index (χ0n) is 15.0. The van der Waals surface area contributed by atoms with Gasteiger partial charge in [-0.1, -0.05) is 25.1 Å². The summed E-state index contributed by atoms with van der Waals surface area (Å²) in [5, 5.41) is 6.32. The van der Waals surface area contributed by atoms with Crippen molar-refractivity contribution in [2.45, 2.75) is 26.8 Å². The number of aromatic nitrogens is 2. The van der Waals surface area contributed by atoms with E-state index in [4.69, 9.17) is 0 Å². The highest BCUT2D eigenvalue weighted by Crippen LogP contribution is 2.22. The van der Waals surface area contributed by atoms with Crippen LogP contribution >= 0.6 is 0 Å². The fraction of sp³-hybridized carbons (Fsp3) is 0.190. The maximum atomic E-state index is 12.7. The Bertz CT molecular complexity index is 894. The summed E-state index contributed by atoms with van der Waals surface area (Å²) >= 11 is 0. The predicted molar refractivity (Wildman–Crippen MR) is 104 cm³/mol. The van der Waals surface area contributed by atoms with E-state index in [1.54, 1.807) is 24.7 Å². The monoisotopic (exact) mass is 346 g/mol. The van der Waals surface area contributed by atoms with E-state index in [1.165, 1.54) is 0 Å². The molecule has 0 aliphatic rings. The second-order valence-corrected chi connectivity index (χ2v) is 6.06. The van der Waals surface area contributed by atoms with E-state index in [1.807, 2.05) is 43.3 Å². The Morgan fingerprint density at radius 1 is 1.08 bits per heavy atom. The number of pyridine rings is 2. The van der Waals surface area contributed by atoms with Crippen LogP contribution in [0, 0.1) is 6.92 Å². The van der Waals surface area contributed by atoms with Crippen molar-refractivity contribution in [2.24, 2.45) is 0 Å². The largest absolute Gasteiger partial charge is 0.381 e. The number of amides is 1. The molecule has 2 N–H and O–H groups in total. The van der Waals surface area contributed by atoms with Crippen LogP contribution in [-0.4, -0.2) is 15.9 Å². The van der Waals surface area contributed by atoms with E-state index in [0.29, 0.717) is 12.2 Å². The number of aryl methyl sites for hydroxylation is 2. The zero-order valence-corrected chi connectivity index (χ0v) is 15.0. The summed E-state index contributed by atoms with van der Waals surface area (Å²) in [7, 11) is 0. The molecule has 0 aliphatic heterocycles. The lowest BCUT2D eigenvalue weighted by molar-refractivity contribution is 0.102. The van der Waals surface area contributed by atoms with Crippen molar-refractivity contribution in [3.63, 3.8) is 0 Å². The minimum atomic E-state index is -0.207. The highest BCUT2D eigenvalue weighted by molar-refractivity contribution is 6.04. The SMILES string of the molecule is CCc1cccc(C)c1NC(=O)c1cc(NCc2ccncc2)ccn1. The molecule has 3 aromatic rings. The van der Waals surface area contributed by atoms with Gasteiger partial charge in [-0.2, -0.15) is 0 Å². The Kier molecular flexibility index (Phi) is 5.59. The number of para-hydroxylation sites is 1. The molecule has 0 fully saturated rings. The van der Waals surface area contributed by atoms with E-state index >= 15 is 0 Å². The van der Waals surface area contributed by atoms with Crippen LogP contribution < -0.4 is 10.6 Å². The van der Waals surface area contributed by atoms with Gasteiger partial charge in [0.2, 0.25) is 0 Å². The lowest BCUT2D eigenvalue weighted by Gasteiger charge is -2.13. The highest BCUT2D eigenvalue weighted by atomic mass is 16.1. The molecule has 0 unspecified atom stereocenters. The number of rotatable bonds is 6. The summed E-state index contributed by atoms with van der Waals surface area (Å²) in [6.07, 6.45) is 6.02. The highest BCUT2D eigenvalue weighted by Gasteiger charge is 2.12. The predicted octanol–water partition coefficient (Wildman–Crippen LogP) is 4.21. The number of anilines is 2. The third kappa shape index (κ3) is 4.25. The van der Waals surface area contributed by atoms with Gasteiger partial charge in [0.05, 0.1) is 0 Å². The van der Waals surface area contributed by atoms with E-state index in [0.717, 1.165) is 34.5 Å². The maximum absolute atomic E-state index is 12.7. The lowest BCUT2D eigenvalue weighted by Crippen LogP contribution is -2.16. The van der Waals surface area contributed by atoms with Gasteiger partial charge in [0.15, 0.2) is 0 Å². The number of benzene rings is 1. The van der Waals surface area contributed by atoms with E-state index < -0.39 is 0 Å². The molecular weight excluding hydrogens is 324 g/mol. The Labute approximate surface area is 153 Å². The van der Waals surface area contributed by atoms with Gasteiger partial charge in [-0.3, -0.25) is 14.8 Å². The van der Waals surface area contributed by atoms with Crippen LogP contribution in [0.25, 0.3) is 0 Å². The number of hydrogen-bond acceptors (Lipinski definition) is 4. The van der Waals surface area contributed by atoms with Gasteiger partial charge < -0.3 is 10.6 Å². The summed E-state index contributed by atoms with van der Waals surface area (Å²) in [6, 6.07) is 13.5. The number of carbonyl (C=O) groups is 1. The average molecular weight is 346 g/mol. The summed E-state index contributed by atoms with van der Waals surface area (Å²) in [5.74, 6) is -0.207. The van der Waals surface area contributed by atoms with Gasteiger partial charge in [-0.25, -0.2) is 0 Å². The molecule has 0 aliphatic carbocycles. The minimum absolute atomic E-state index is 0.207. The van der Waals surface area contributed by atoms with Crippen molar-refractivity contribution in [3.8, 4) is 0 Å². The second kappa shape index (κ2) is 8.25. The van der Waals surface area contributed by atoms with Crippen LogP contribution in [0.1, 0.15) is 34.1 Å². The fourth-order valence-electron chi connectivity index (χ4n) is 2.75. The molecule has 1 amide bonds. The van der Waals surface area contributed by atoms with Crippen LogP contribution in [0.4, 0.5) is 11.4 Å². The van der Waals surface area contributed by atoms with Crippen LogP contribution in [0.2, 0.25) is 0 Å². The fourth-order valence-corrected chi connectivity index (χ4v) is 2.75. The van der Waals surface area contributed by atoms with E-state index in [9.17, 15) is 4.79 Å². The molecule has 0 radical (unpaired) electrons. The van der Waals surface area contributed by atoms with Crippen LogP contribution in [0.15, 0.2) is 61.1 Å². The maximum Gasteiger partial charge on any atom is 0.274 e. The standard InChI is InChI=1S/C21H22N4O/c1-3-17-6-4-5-15(2)20(17)25-21(26)19-13-18(9-12-23-19)24-14-16-7-10-22-11-8-16/h4-13H,3,14H2,1-2H3,(H,23,24)(H,25,26). The van der Waals surface area contributed by atoms with Crippen LogP contribution in [0.3, 0.4) is 0 Å². The summed E-state index contributed by atoms with van der Waals surface area (Å²) < 4.78 is 0. The lowest BCUT2D eigenvalue weighted by atomic mass is 10.1. The minimum Gasteiger partial charge on any atom is -0.381 e. The molecule has 5 nitrogen and oxygen atoms in total. The molecule has 0 bridgehead atoms. The van der Waals surface area contributed by atoms with E-state index in [2.05, 4.69) is 27.5 Å². The Hall–Kier alpha value is -3.21. The molecule has 5 heteroatoms. The quantitative estimate of drug-likeness (QED) is 0.701. The van der Waals surface area contributed by atoms with Crippen molar-refractivity contribution in [2.75, 3.05) is 10.6 Å². The molecule has 26 heavy (non-hydrogen) atoms. The first kappa shape index (κ1) is 17.6. The molecule has 1 aromatic carbocycles. The molecule has 0 saturated carbocycles. The van der Waals surface area contributed by atoms with Crippen molar-refractivity contribution < 1.29 is 4.79 Å². The average Bonchev–Trinajstić information content (AvgIpc) is 2.69. The summed E-state index contributed by atoms with van der Waals surface area (Å²) in [4.78, 5) is 20.9. The van der Waals surface area contributed by atoms with Crippen molar-refractivity contribution in [1.29, 1.82) is 0 Å². The zero-order chi connectivity index (χ0) is 18.4. The summed E-state index contributed by atoms with van der Waals surface area (Å²) in [6.45, 7) is 4.73. The van der Waals surface area contributed by atoms with Gasteiger partial charge in [0, 0.05) is 36.5 Å². The molecular formula is C21H22N4O. The smallest absolute Gasteiger partial charge is 0.274 e. The first-order valence-corrected chi connectivity index (χ1v) is 8.66. The molecule has 0 spiro atoms. The number of nitrogens with one attached hydrogen (secondary N) is 2. The first-order chi connectivity index (χ1) is 12.7. The Morgan fingerprint density at radius 2 is 1.88 bits per heavy atom. The van der Waals surface area contributed by atoms with Gasteiger partial charge >= 0.3 is 0 Å². The molecule has 3 rings (SSSR count). The van der Waals surface area contributed by atoms with E-state index in [-0.39, 0.29) is 5.91 Å².